The summed E-state index contributed by atoms with van der Waals surface area (Å²) >= 11 is 24.5. The summed E-state index contributed by atoms with van der Waals surface area (Å²) in [6.45, 7) is 2.22. The monoisotopic (exact) mass is 590 g/mol. The first-order valence-corrected chi connectivity index (χ1v) is 13.1. The summed E-state index contributed by atoms with van der Waals surface area (Å²) in [7, 11) is 0. The maximum atomic E-state index is 13.0. The van der Waals surface area contributed by atoms with E-state index in [2.05, 4.69) is 0 Å². The van der Waals surface area contributed by atoms with Crippen LogP contribution in [0.15, 0.2) is 48.5 Å². The van der Waals surface area contributed by atoms with Crippen molar-refractivity contribution in [3.8, 4) is 5.75 Å². The van der Waals surface area contributed by atoms with E-state index >= 15 is 0 Å². The van der Waals surface area contributed by atoms with Crippen LogP contribution in [0.4, 0.5) is 11.4 Å². The number of hydrogen-bond donors (Lipinski definition) is 0. The van der Waals surface area contributed by atoms with E-state index < -0.39 is 23.7 Å². The first-order valence-electron chi connectivity index (χ1n) is 11.6. The number of halogens is 4. The molecule has 0 aliphatic carbocycles. The molecule has 1 saturated heterocycles. The van der Waals surface area contributed by atoms with E-state index in [9.17, 15) is 19.2 Å². The molecule has 7 nitrogen and oxygen atoms in total. The largest absolute Gasteiger partial charge is 0.426 e. The Kier molecular flexibility index (Phi) is 7.13. The molecule has 5 rings (SSSR count). The Morgan fingerprint density at radius 2 is 1.45 bits per heavy atom. The fourth-order valence-corrected chi connectivity index (χ4v) is 5.63. The molecule has 2 aliphatic heterocycles. The molecule has 0 N–H and O–H groups in total. The highest BCUT2D eigenvalue weighted by atomic mass is 35.5. The molecule has 0 spiro atoms. The Morgan fingerprint density at radius 3 is 2.03 bits per heavy atom. The van der Waals surface area contributed by atoms with Gasteiger partial charge < -0.3 is 9.64 Å². The fourth-order valence-electron chi connectivity index (χ4n) is 4.62. The van der Waals surface area contributed by atoms with Gasteiger partial charge in [0.05, 0.1) is 42.8 Å². The third-order valence-corrected chi connectivity index (χ3v) is 8.34. The summed E-state index contributed by atoms with van der Waals surface area (Å²) in [6.07, 6.45) is 0.795. The van der Waals surface area contributed by atoms with E-state index in [1.54, 1.807) is 4.90 Å². The molecule has 194 valence electrons. The van der Waals surface area contributed by atoms with Crippen molar-refractivity contribution in [1.29, 1.82) is 0 Å². The first kappa shape index (κ1) is 26.5. The summed E-state index contributed by atoms with van der Waals surface area (Å²) in [6, 6.07) is 13.4. The van der Waals surface area contributed by atoms with Gasteiger partial charge in [-0.25, -0.2) is 4.90 Å². The number of amides is 3. The molecule has 1 atom stereocenters. The number of hydrogen-bond acceptors (Lipinski definition) is 5. The van der Waals surface area contributed by atoms with Gasteiger partial charge in [-0.2, -0.15) is 0 Å². The van der Waals surface area contributed by atoms with Gasteiger partial charge >= 0.3 is 5.97 Å². The Labute approximate surface area is 237 Å². The van der Waals surface area contributed by atoms with Gasteiger partial charge in [0.15, 0.2) is 0 Å². The zero-order chi connectivity index (χ0) is 27.3. The third-order valence-electron chi connectivity index (χ3n) is 6.54. The molecular weight excluding hydrogens is 574 g/mol. The standard InChI is InChI=1S/C27H18Cl4N2O5/c1-2-13-5-3-4-6-17(13)32-12-14(11-18(32)34)27(37)38-16-9-7-15(8-10-16)33-25(35)19-20(26(33)36)22(29)24(31)23(30)21(19)28/h3-10,14H,2,11-12H2,1H3/t14-/m0/s1. The molecule has 3 aromatic rings. The second kappa shape index (κ2) is 10.2. The third kappa shape index (κ3) is 4.33. The summed E-state index contributed by atoms with van der Waals surface area (Å²) in [5.74, 6) is -2.56. The van der Waals surface area contributed by atoms with Gasteiger partial charge in [-0.3, -0.25) is 19.2 Å². The lowest BCUT2D eigenvalue weighted by atomic mass is 10.1. The highest BCUT2D eigenvalue weighted by molar-refractivity contribution is 6.56. The molecule has 3 amide bonds. The number of fused-ring (bicyclic) bond motifs is 1. The number of aryl methyl sites for hydroxylation is 1. The Balaban J connectivity index is 1.31. The first-order chi connectivity index (χ1) is 18.1. The van der Waals surface area contributed by atoms with Crippen LogP contribution in [0.25, 0.3) is 0 Å². The lowest BCUT2D eigenvalue weighted by Crippen LogP contribution is -2.29. The quantitative estimate of drug-likeness (QED) is 0.109. The molecule has 0 aromatic heterocycles. The Morgan fingerprint density at radius 1 is 0.868 bits per heavy atom. The minimum absolute atomic E-state index is 0.0383. The fraction of sp³-hybridized carbons (Fsp3) is 0.185. The smallest absolute Gasteiger partial charge is 0.316 e. The summed E-state index contributed by atoms with van der Waals surface area (Å²) < 4.78 is 5.51. The molecule has 11 heteroatoms. The van der Waals surface area contributed by atoms with Crippen LogP contribution in [0, 0.1) is 5.92 Å². The van der Waals surface area contributed by atoms with Crippen molar-refractivity contribution in [3.63, 3.8) is 0 Å². The topological polar surface area (TPSA) is 84.0 Å². The SMILES string of the molecule is CCc1ccccc1N1C[C@@H](C(=O)Oc2ccc(N3C(=O)c4c(Cl)c(Cl)c(Cl)c(Cl)c4C3=O)cc2)CC1=O. The van der Waals surface area contributed by atoms with Crippen LogP contribution < -0.4 is 14.5 Å². The molecule has 0 radical (unpaired) electrons. The maximum absolute atomic E-state index is 13.0. The average molecular weight is 592 g/mol. The molecular formula is C27H18Cl4N2O5. The molecule has 2 aliphatic rings. The van der Waals surface area contributed by atoms with E-state index in [1.165, 1.54) is 24.3 Å². The van der Waals surface area contributed by atoms with Crippen molar-refractivity contribution in [3.05, 3.63) is 85.3 Å². The second-order valence-corrected chi connectivity index (χ2v) is 10.3. The number of para-hydroxylation sites is 1. The normalized spacial score (nSPS) is 16.9. The molecule has 0 saturated carbocycles. The van der Waals surface area contributed by atoms with Crippen molar-refractivity contribution in [2.75, 3.05) is 16.3 Å². The van der Waals surface area contributed by atoms with Gasteiger partial charge in [-0.15, -0.1) is 0 Å². The van der Waals surface area contributed by atoms with Gasteiger partial charge in [-0.1, -0.05) is 71.5 Å². The predicted molar refractivity (Wildman–Crippen MR) is 146 cm³/mol. The maximum Gasteiger partial charge on any atom is 0.316 e. The minimum Gasteiger partial charge on any atom is -0.426 e. The van der Waals surface area contributed by atoms with Gasteiger partial charge in [0.2, 0.25) is 5.91 Å². The number of carbonyl (C=O) groups excluding carboxylic acids is 4. The molecule has 2 heterocycles. The number of benzene rings is 3. The van der Waals surface area contributed by atoms with Crippen LogP contribution >= 0.6 is 46.4 Å². The van der Waals surface area contributed by atoms with Gasteiger partial charge in [0.1, 0.15) is 5.75 Å². The number of imide groups is 1. The number of esters is 1. The zero-order valence-electron chi connectivity index (χ0n) is 19.8. The predicted octanol–water partition coefficient (Wildman–Crippen LogP) is 6.62. The van der Waals surface area contributed by atoms with Crippen molar-refractivity contribution < 1.29 is 23.9 Å². The van der Waals surface area contributed by atoms with Gasteiger partial charge in [0, 0.05) is 18.7 Å². The van der Waals surface area contributed by atoms with Gasteiger partial charge in [-0.05, 0) is 42.3 Å². The van der Waals surface area contributed by atoms with E-state index in [1.807, 2.05) is 31.2 Å². The number of carbonyl (C=O) groups is 4. The number of anilines is 2. The molecule has 3 aromatic carbocycles. The number of nitrogens with zero attached hydrogens (tertiary/aromatic N) is 2. The van der Waals surface area contributed by atoms with Crippen LogP contribution in [-0.2, 0) is 16.0 Å². The summed E-state index contributed by atoms with van der Waals surface area (Å²) in [4.78, 5) is 54.1. The molecule has 38 heavy (non-hydrogen) atoms. The van der Waals surface area contributed by atoms with E-state index in [0.29, 0.717) is 0 Å². The lowest BCUT2D eigenvalue weighted by Gasteiger charge is -2.19. The number of ether oxygens (including phenoxy) is 1. The Bertz CT molecular complexity index is 1480. The molecule has 0 unspecified atom stereocenters. The van der Waals surface area contributed by atoms with Crippen molar-refractivity contribution in [2.24, 2.45) is 5.92 Å². The van der Waals surface area contributed by atoms with Crippen molar-refractivity contribution in [2.45, 2.75) is 19.8 Å². The average Bonchev–Trinajstić information content (AvgIpc) is 3.43. The van der Waals surface area contributed by atoms with Crippen LogP contribution in [-0.4, -0.2) is 30.2 Å². The summed E-state index contributed by atoms with van der Waals surface area (Å²) in [5, 5.41) is -0.567. The van der Waals surface area contributed by atoms with E-state index in [0.717, 1.165) is 22.6 Å². The highest BCUT2D eigenvalue weighted by Gasteiger charge is 2.42. The second-order valence-electron chi connectivity index (χ2n) is 8.75. The van der Waals surface area contributed by atoms with Crippen LogP contribution in [0.1, 0.15) is 39.6 Å². The summed E-state index contributed by atoms with van der Waals surface area (Å²) in [5.41, 5.74) is 1.75. The van der Waals surface area contributed by atoms with Crippen molar-refractivity contribution in [1.82, 2.24) is 0 Å². The van der Waals surface area contributed by atoms with E-state index in [-0.39, 0.29) is 61.5 Å². The minimum atomic E-state index is -0.711. The zero-order valence-corrected chi connectivity index (χ0v) is 22.8. The molecule has 0 bridgehead atoms. The van der Waals surface area contributed by atoms with Crippen LogP contribution in [0.2, 0.25) is 20.1 Å². The number of rotatable bonds is 5. The van der Waals surface area contributed by atoms with Crippen LogP contribution in [0.3, 0.4) is 0 Å². The lowest BCUT2D eigenvalue weighted by molar-refractivity contribution is -0.139. The van der Waals surface area contributed by atoms with Gasteiger partial charge in [0.25, 0.3) is 11.8 Å². The van der Waals surface area contributed by atoms with Crippen LogP contribution in [0.5, 0.6) is 5.75 Å². The highest BCUT2D eigenvalue weighted by Crippen LogP contribution is 2.45. The van der Waals surface area contributed by atoms with E-state index in [4.69, 9.17) is 51.1 Å². The van der Waals surface area contributed by atoms with Crippen molar-refractivity contribution >= 4 is 81.5 Å². The molecule has 1 fully saturated rings. The Hall–Kier alpha value is -3.10.